The average molecular weight is 240 g/mol. The molecule has 0 fully saturated rings. The fraction of sp³-hybridized carbons (Fsp3) is 0.333. The number of hydrogen-bond donors (Lipinski definition) is 1. The van der Waals surface area contributed by atoms with Gasteiger partial charge in [-0.15, -0.1) is 0 Å². The molecule has 0 radical (unpaired) electrons. The Hall–Kier alpha value is -1.35. The molecular weight excluding hydrogens is 226 g/mol. The Labute approximate surface area is 99.8 Å². The van der Waals surface area contributed by atoms with Gasteiger partial charge in [0, 0.05) is 19.4 Å². The summed E-state index contributed by atoms with van der Waals surface area (Å²) < 4.78 is 0. The summed E-state index contributed by atoms with van der Waals surface area (Å²) in [6.45, 7) is 2.49. The van der Waals surface area contributed by atoms with Crippen molar-refractivity contribution in [2.45, 2.75) is 26.3 Å². The van der Waals surface area contributed by atoms with Crippen LogP contribution in [0.4, 0.5) is 0 Å². The molecule has 0 saturated carbocycles. The van der Waals surface area contributed by atoms with Gasteiger partial charge in [-0.3, -0.25) is 9.59 Å². The molecule has 0 unspecified atom stereocenters. The van der Waals surface area contributed by atoms with Crippen LogP contribution in [0.3, 0.4) is 0 Å². The van der Waals surface area contributed by atoms with Crippen molar-refractivity contribution in [2.75, 3.05) is 0 Å². The van der Waals surface area contributed by atoms with E-state index in [0.717, 1.165) is 5.56 Å². The smallest absolute Gasteiger partial charge is 0.222 e. The predicted molar refractivity (Wildman–Crippen MR) is 63.1 cm³/mol. The highest BCUT2D eigenvalue weighted by Gasteiger charge is 2.04. The maximum atomic E-state index is 11.3. The van der Waals surface area contributed by atoms with Crippen molar-refractivity contribution in [1.29, 1.82) is 0 Å². The number of amides is 1. The SMILES string of the molecule is Cc1ccc(CNC(=O)CCC(=O)Cl)cc1. The summed E-state index contributed by atoms with van der Waals surface area (Å²) in [6.07, 6.45) is 0.232. The summed E-state index contributed by atoms with van der Waals surface area (Å²) in [5.41, 5.74) is 2.22. The molecule has 0 aliphatic heterocycles. The molecule has 3 nitrogen and oxygen atoms in total. The lowest BCUT2D eigenvalue weighted by molar-refractivity contribution is -0.123. The van der Waals surface area contributed by atoms with E-state index in [9.17, 15) is 9.59 Å². The fourth-order valence-corrected chi connectivity index (χ4v) is 1.30. The van der Waals surface area contributed by atoms with Gasteiger partial charge in [0.05, 0.1) is 0 Å². The van der Waals surface area contributed by atoms with E-state index in [4.69, 9.17) is 11.6 Å². The minimum atomic E-state index is -0.481. The van der Waals surface area contributed by atoms with Gasteiger partial charge in [0.15, 0.2) is 0 Å². The predicted octanol–water partition coefficient (Wildman–Crippen LogP) is 2.16. The maximum Gasteiger partial charge on any atom is 0.222 e. The summed E-state index contributed by atoms with van der Waals surface area (Å²) in [5, 5.41) is 2.24. The van der Waals surface area contributed by atoms with Crippen molar-refractivity contribution in [3.05, 3.63) is 35.4 Å². The number of aryl methyl sites for hydroxylation is 1. The van der Waals surface area contributed by atoms with Gasteiger partial charge in [-0.05, 0) is 24.1 Å². The van der Waals surface area contributed by atoms with E-state index in [1.807, 2.05) is 31.2 Å². The number of halogens is 1. The van der Waals surface area contributed by atoms with Crippen LogP contribution >= 0.6 is 11.6 Å². The Kier molecular flexibility index (Phi) is 4.99. The zero-order valence-corrected chi connectivity index (χ0v) is 9.88. The van der Waals surface area contributed by atoms with Gasteiger partial charge in [-0.25, -0.2) is 0 Å². The molecule has 0 saturated heterocycles. The third-order valence-electron chi connectivity index (χ3n) is 2.16. The molecule has 0 spiro atoms. The molecule has 4 heteroatoms. The molecule has 0 atom stereocenters. The summed E-state index contributed by atoms with van der Waals surface area (Å²) in [5.74, 6) is -0.158. The summed E-state index contributed by atoms with van der Waals surface area (Å²) >= 11 is 5.14. The maximum absolute atomic E-state index is 11.3. The Morgan fingerprint density at radius 2 is 1.81 bits per heavy atom. The highest BCUT2D eigenvalue weighted by molar-refractivity contribution is 6.63. The third-order valence-corrected chi connectivity index (χ3v) is 2.35. The van der Waals surface area contributed by atoms with Crippen LogP contribution in [0.1, 0.15) is 24.0 Å². The number of carbonyl (C=O) groups excluding carboxylic acids is 2. The van der Waals surface area contributed by atoms with Gasteiger partial charge in [0.25, 0.3) is 0 Å². The molecule has 1 N–H and O–H groups in total. The molecule has 0 aliphatic rings. The van der Waals surface area contributed by atoms with Gasteiger partial charge in [-0.2, -0.15) is 0 Å². The number of benzene rings is 1. The van der Waals surface area contributed by atoms with Crippen LogP contribution < -0.4 is 5.32 Å². The van der Waals surface area contributed by atoms with Crippen molar-refractivity contribution in [3.8, 4) is 0 Å². The van der Waals surface area contributed by atoms with Crippen molar-refractivity contribution < 1.29 is 9.59 Å². The van der Waals surface area contributed by atoms with Crippen LogP contribution in [0.5, 0.6) is 0 Å². The highest BCUT2D eigenvalue weighted by atomic mass is 35.5. The van der Waals surface area contributed by atoms with Crippen molar-refractivity contribution in [3.63, 3.8) is 0 Å². The normalized spacial score (nSPS) is 9.88. The van der Waals surface area contributed by atoms with E-state index in [2.05, 4.69) is 5.32 Å². The second kappa shape index (κ2) is 6.28. The second-order valence-electron chi connectivity index (χ2n) is 3.62. The molecule has 1 aromatic carbocycles. The minimum Gasteiger partial charge on any atom is -0.352 e. The van der Waals surface area contributed by atoms with Crippen LogP contribution in [-0.2, 0) is 16.1 Å². The van der Waals surface area contributed by atoms with Crippen molar-refractivity contribution >= 4 is 22.8 Å². The number of rotatable bonds is 5. The van der Waals surface area contributed by atoms with Crippen LogP contribution in [-0.4, -0.2) is 11.1 Å². The Bertz CT molecular complexity index is 373. The largest absolute Gasteiger partial charge is 0.352 e. The average Bonchev–Trinajstić information content (AvgIpc) is 2.25. The first kappa shape index (κ1) is 12.7. The van der Waals surface area contributed by atoms with E-state index in [0.29, 0.717) is 6.54 Å². The van der Waals surface area contributed by atoms with Gasteiger partial charge >= 0.3 is 0 Å². The molecule has 1 rings (SSSR count). The first-order chi connectivity index (χ1) is 7.58. The molecule has 1 aromatic rings. The van der Waals surface area contributed by atoms with E-state index < -0.39 is 5.24 Å². The van der Waals surface area contributed by atoms with Crippen molar-refractivity contribution in [1.82, 2.24) is 5.32 Å². The number of hydrogen-bond acceptors (Lipinski definition) is 2. The monoisotopic (exact) mass is 239 g/mol. The first-order valence-corrected chi connectivity index (χ1v) is 5.46. The van der Waals surface area contributed by atoms with Crippen LogP contribution in [0.2, 0.25) is 0 Å². The van der Waals surface area contributed by atoms with E-state index in [1.165, 1.54) is 5.56 Å². The minimum absolute atomic E-state index is 0.0846. The fourth-order valence-electron chi connectivity index (χ4n) is 1.21. The molecular formula is C12H14ClNO2. The molecule has 0 heterocycles. The Morgan fingerprint density at radius 1 is 1.19 bits per heavy atom. The molecule has 16 heavy (non-hydrogen) atoms. The van der Waals surface area contributed by atoms with Gasteiger partial charge in [0.1, 0.15) is 0 Å². The van der Waals surface area contributed by atoms with Crippen LogP contribution in [0, 0.1) is 6.92 Å². The van der Waals surface area contributed by atoms with E-state index >= 15 is 0 Å². The molecule has 0 bridgehead atoms. The summed E-state index contributed by atoms with van der Waals surface area (Å²) in [6, 6.07) is 7.90. The second-order valence-corrected chi connectivity index (χ2v) is 4.04. The van der Waals surface area contributed by atoms with Crippen LogP contribution in [0.15, 0.2) is 24.3 Å². The van der Waals surface area contributed by atoms with Crippen molar-refractivity contribution in [2.24, 2.45) is 0 Å². The molecule has 0 aromatic heterocycles. The van der Waals surface area contributed by atoms with E-state index in [1.54, 1.807) is 0 Å². The third kappa shape index (κ3) is 4.94. The van der Waals surface area contributed by atoms with Gasteiger partial charge in [0.2, 0.25) is 11.1 Å². The lowest BCUT2D eigenvalue weighted by Gasteiger charge is -2.04. The van der Waals surface area contributed by atoms with Gasteiger partial charge in [-0.1, -0.05) is 29.8 Å². The molecule has 86 valence electrons. The summed E-state index contributed by atoms with van der Waals surface area (Å²) in [7, 11) is 0. The lowest BCUT2D eigenvalue weighted by atomic mass is 10.1. The standard InChI is InChI=1S/C12H14ClNO2/c1-9-2-4-10(5-3-9)8-14-12(16)7-6-11(13)15/h2-5H,6-8H2,1H3,(H,14,16). The quantitative estimate of drug-likeness (QED) is 0.801. The highest BCUT2D eigenvalue weighted by Crippen LogP contribution is 2.03. The lowest BCUT2D eigenvalue weighted by Crippen LogP contribution is -2.22. The molecule has 1 amide bonds. The van der Waals surface area contributed by atoms with E-state index in [-0.39, 0.29) is 18.7 Å². The van der Waals surface area contributed by atoms with Crippen LogP contribution in [0.25, 0.3) is 0 Å². The first-order valence-electron chi connectivity index (χ1n) is 5.08. The zero-order chi connectivity index (χ0) is 12.0. The zero-order valence-electron chi connectivity index (χ0n) is 9.13. The summed E-state index contributed by atoms with van der Waals surface area (Å²) in [4.78, 5) is 21.7. The van der Waals surface area contributed by atoms with Gasteiger partial charge < -0.3 is 5.32 Å². The Morgan fingerprint density at radius 3 is 2.38 bits per heavy atom. The topological polar surface area (TPSA) is 46.2 Å². The Balaban J connectivity index is 2.31. The molecule has 0 aliphatic carbocycles. The number of nitrogens with one attached hydrogen (secondary N) is 1. The number of carbonyl (C=O) groups is 2.